The maximum atomic E-state index is 12.8. The van der Waals surface area contributed by atoms with Crippen LogP contribution >= 0.6 is 11.6 Å². The predicted octanol–water partition coefficient (Wildman–Crippen LogP) is 4.41. The van der Waals surface area contributed by atoms with E-state index in [1.807, 2.05) is 30.3 Å². The number of halogens is 1. The van der Waals surface area contributed by atoms with Crippen LogP contribution in [0, 0.1) is 0 Å². The number of aromatic nitrogens is 4. The number of H-pyrrole nitrogens is 2. The summed E-state index contributed by atoms with van der Waals surface area (Å²) in [6.45, 7) is 0. The summed E-state index contributed by atoms with van der Waals surface area (Å²) in [5.41, 5.74) is 5.02. The van der Waals surface area contributed by atoms with Gasteiger partial charge in [-0.1, -0.05) is 29.8 Å². The zero-order valence-electron chi connectivity index (χ0n) is 15.0. The molecule has 1 atom stereocenters. The topological polar surface area (TPSA) is 86.5 Å². The van der Waals surface area contributed by atoms with E-state index >= 15 is 0 Å². The van der Waals surface area contributed by atoms with Gasteiger partial charge in [0.05, 0.1) is 22.3 Å². The Morgan fingerprint density at radius 2 is 2.11 bits per heavy atom. The summed E-state index contributed by atoms with van der Waals surface area (Å²) in [5.74, 6) is -0.183. The van der Waals surface area contributed by atoms with Crippen molar-refractivity contribution in [1.82, 2.24) is 25.5 Å². The molecule has 5 rings (SSSR count). The number of fused-ring (bicyclic) bond motifs is 3. The first-order valence-electron chi connectivity index (χ1n) is 9.27. The molecule has 0 radical (unpaired) electrons. The maximum Gasteiger partial charge on any atom is 0.269 e. The van der Waals surface area contributed by atoms with Gasteiger partial charge in [-0.05, 0) is 49.1 Å². The molecule has 1 amide bonds. The Hall–Kier alpha value is -3.12. The first-order valence-corrected chi connectivity index (χ1v) is 9.65. The number of benzene rings is 1. The van der Waals surface area contributed by atoms with E-state index in [1.54, 1.807) is 12.3 Å². The fourth-order valence-electron chi connectivity index (χ4n) is 3.92. The van der Waals surface area contributed by atoms with Crippen molar-refractivity contribution in [3.63, 3.8) is 0 Å². The monoisotopic (exact) mass is 391 g/mol. The highest BCUT2D eigenvalue weighted by Gasteiger charge is 2.27. The second kappa shape index (κ2) is 6.80. The van der Waals surface area contributed by atoms with E-state index in [9.17, 15) is 4.79 Å². The smallest absolute Gasteiger partial charge is 0.269 e. The lowest BCUT2D eigenvalue weighted by atomic mass is 9.91. The van der Waals surface area contributed by atoms with Crippen molar-refractivity contribution >= 4 is 28.4 Å². The van der Waals surface area contributed by atoms with Crippen LogP contribution in [0.5, 0.6) is 0 Å². The lowest BCUT2D eigenvalue weighted by Gasteiger charge is -2.23. The number of aryl methyl sites for hydroxylation is 1. The van der Waals surface area contributed by atoms with Crippen LogP contribution in [-0.2, 0) is 6.42 Å². The molecule has 1 aromatic carbocycles. The van der Waals surface area contributed by atoms with Crippen LogP contribution in [-0.4, -0.2) is 26.1 Å². The van der Waals surface area contributed by atoms with Gasteiger partial charge in [0.2, 0.25) is 0 Å². The van der Waals surface area contributed by atoms with Crippen molar-refractivity contribution in [2.24, 2.45) is 0 Å². The molecule has 6 nitrogen and oxygen atoms in total. The minimum Gasteiger partial charge on any atom is -0.355 e. The fraction of sp³-hybridized carbons (Fsp3) is 0.190. The molecule has 0 bridgehead atoms. The summed E-state index contributed by atoms with van der Waals surface area (Å²) in [7, 11) is 0. The molecule has 1 aliphatic rings. The summed E-state index contributed by atoms with van der Waals surface area (Å²) in [6.07, 6.45) is 4.58. The molecule has 140 valence electrons. The number of para-hydroxylation sites is 1. The van der Waals surface area contributed by atoms with Crippen molar-refractivity contribution in [3.05, 3.63) is 70.6 Å². The highest BCUT2D eigenvalue weighted by molar-refractivity contribution is 6.35. The minimum atomic E-state index is -0.183. The molecule has 0 spiro atoms. The lowest BCUT2D eigenvalue weighted by molar-refractivity contribution is 0.0927. The van der Waals surface area contributed by atoms with E-state index in [-0.39, 0.29) is 11.9 Å². The Bertz CT molecular complexity index is 1160. The van der Waals surface area contributed by atoms with Crippen LogP contribution in [0.15, 0.2) is 48.7 Å². The standard InChI is InChI=1S/C21H18ClN5O/c22-14-7-3-5-12-13-6-4-9-16(20(13)25-19(12)14)24-21(28)18-11-17(26-27-18)15-8-1-2-10-23-15/h1-3,5,7-8,10-11,16,25H,4,6,9H2,(H,24,28)(H,26,27)/t16-/m1/s1. The van der Waals surface area contributed by atoms with Crippen molar-refractivity contribution in [1.29, 1.82) is 0 Å². The van der Waals surface area contributed by atoms with Gasteiger partial charge in [0, 0.05) is 17.3 Å². The third-order valence-electron chi connectivity index (χ3n) is 5.25. The molecule has 3 aromatic heterocycles. The van der Waals surface area contributed by atoms with Crippen molar-refractivity contribution < 1.29 is 4.79 Å². The number of carbonyl (C=O) groups is 1. The van der Waals surface area contributed by atoms with Crippen molar-refractivity contribution in [3.8, 4) is 11.4 Å². The van der Waals surface area contributed by atoms with Crippen LogP contribution < -0.4 is 5.32 Å². The highest BCUT2D eigenvalue weighted by atomic mass is 35.5. The second-order valence-corrected chi connectivity index (χ2v) is 7.39. The largest absolute Gasteiger partial charge is 0.355 e. The molecule has 28 heavy (non-hydrogen) atoms. The number of carbonyl (C=O) groups excluding carboxylic acids is 1. The van der Waals surface area contributed by atoms with Gasteiger partial charge in [0.15, 0.2) is 0 Å². The van der Waals surface area contributed by atoms with Crippen LogP contribution in [0.2, 0.25) is 5.02 Å². The van der Waals surface area contributed by atoms with Crippen LogP contribution in [0.4, 0.5) is 0 Å². The summed E-state index contributed by atoms with van der Waals surface area (Å²) < 4.78 is 0. The molecule has 0 saturated heterocycles. The summed E-state index contributed by atoms with van der Waals surface area (Å²) >= 11 is 6.35. The van der Waals surface area contributed by atoms with Crippen molar-refractivity contribution in [2.75, 3.05) is 0 Å². The number of aromatic amines is 2. The van der Waals surface area contributed by atoms with Gasteiger partial charge in [-0.2, -0.15) is 5.10 Å². The molecule has 7 heteroatoms. The van der Waals surface area contributed by atoms with Crippen LogP contribution in [0.1, 0.15) is 40.6 Å². The number of pyridine rings is 1. The number of nitrogens with one attached hydrogen (secondary N) is 3. The molecule has 0 fully saturated rings. The van der Waals surface area contributed by atoms with E-state index in [4.69, 9.17) is 11.6 Å². The number of hydrogen-bond donors (Lipinski definition) is 3. The summed E-state index contributed by atoms with van der Waals surface area (Å²) in [4.78, 5) is 20.5. The number of hydrogen-bond acceptors (Lipinski definition) is 3. The Morgan fingerprint density at radius 1 is 1.18 bits per heavy atom. The first-order chi connectivity index (χ1) is 13.7. The van der Waals surface area contributed by atoms with Crippen LogP contribution in [0.3, 0.4) is 0 Å². The third-order valence-corrected chi connectivity index (χ3v) is 5.56. The lowest BCUT2D eigenvalue weighted by Crippen LogP contribution is -2.31. The molecule has 3 heterocycles. The van der Waals surface area contributed by atoms with Gasteiger partial charge in [0.1, 0.15) is 11.4 Å². The molecule has 0 unspecified atom stereocenters. The van der Waals surface area contributed by atoms with Crippen molar-refractivity contribution in [2.45, 2.75) is 25.3 Å². The molecule has 0 saturated carbocycles. The Kier molecular flexibility index (Phi) is 4.13. The SMILES string of the molecule is O=C(N[C@@H]1CCCc2c1[nH]c1c(Cl)cccc21)c1cc(-c2ccccn2)n[nH]1. The minimum absolute atomic E-state index is 0.0821. The normalized spacial score (nSPS) is 16.1. The van der Waals surface area contributed by atoms with E-state index in [0.29, 0.717) is 16.4 Å². The fourth-order valence-corrected chi connectivity index (χ4v) is 4.14. The van der Waals surface area contributed by atoms with Gasteiger partial charge in [-0.25, -0.2) is 0 Å². The quantitative estimate of drug-likeness (QED) is 0.483. The number of nitrogens with zero attached hydrogens (tertiary/aromatic N) is 2. The average molecular weight is 392 g/mol. The first kappa shape index (κ1) is 17.0. The molecule has 1 aliphatic carbocycles. The summed E-state index contributed by atoms with van der Waals surface area (Å²) in [5, 5.41) is 12.0. The van der Waals surface area contributed by atoms with Gasteiger partial charge in [-0.3, -0.25) is 14.9 Å². The Morgan fingerprint density at radius 3 is 2.96 bits per heavy atom. The molecule has 0 aliphatic heterocycles. The Balaban J connectivity index is 1.42. The summed E-state index contributed by atoms with van der Waals surface area (Å²) in [6, 6.07) is 13.2. The van der Waals surface area contributed by atoms with E-state index in [0.717, 1.165) is 41.6 Å². The van der Waals surface area contributed by atoms with E-state index in [1.165, 1.54) is 5.56 Å². The maximum absolute atomic E-state index is 12.8. The van der Waals surface area contributed by atoms with E-state index in [2.05, 4.69) is 31.5 Å². The second-order valence-electron chi connectivity index (χ2n) is 6.98. The number of rotatable bonds is 3. The molecular formula is C21H18ClN5O. The van der Waals surface area contributed by atoms with E-state index < -0.39 is 0 Å². The molecule has 3 N–H and O–H groups in total. The third kappa shape index (κ3) is 2.86. The average Bonchev–Trinajstić information content (AvgIpc) is 3.35. The molecule has 4 aromatic rings. The van der Waals surface area contributed by atoms with Gasteiger partial charge in [0.25, 0.3) is 5.91 Å². The Labute approximate surface area is 166 Å². The zero-order valence-corrected chi connectivity index (χ0v) is 15.8. The highest BCUT2D eigenvalue weighted by Crippen LogP contribution is 2.37. The van der Waals surface area contributed by atoms with Crippen LogP contribution in [0.25, 0.3) is 22.3 Å². The van der Waals surface area contributed by atoms with Gasteiger partial charge >= 0.3 is 0 Å². The van der Waals surface area contributed by atoms with Gasteiger partial charge in [-0.15, -0.1) is 0 Å². The zero-order chi connectivity index (χ0) is 19.1. The number of amides is 1. The predicted molar refractivity (Wildman–Crippen MR) is 108 cm³/mol. The molecular weight excluding hydrogens is 374 g/mol. The van der Waals surface area contributed by atoms with Gasteiger partial charge < -0.3 is 10.3 Å².